The first-order valence-corrected chi connectivity index (χ1v) is 7.03. The molecule has 6 heteroatoms. The summed E-state index contributed by atoms with van der Waals surface area (Å²) in [5, 5.41) is 10.6. The van der Waals surface area contributed by atoms with Gasteiger partial charge in [-0.2, -0.15) is 5.10 Å². The molecule has 1 heterocycles. The smallest absolute Gasteiger partial charge is 0.272 e. The average Bonchev–Trinajstić information content (AvgIpc) is 2.55. The fraction of sp³-hybridized carbons (Fsp3) is 0.0625. The summed E-state index contributed by atoms with van der Waals surface area (Å²) in [7, 11) is 0. The minimum absolute atomic E-state index is 0.198. The van der Waals surface area contributed by atoms with Crippen LogP contribution in [-0.4, -0.2) is 16.1 Å². The molecule has 0 atom stereocenters. The quantitative estimate of drug-likeness (QED) is 0.780. The molecule has 0 fully saturated rings. The van der Waals surface area contributed by atoms with Crippen LogP contribution in [0.15, 0.2) is 53.3 Å². The monoisotopic (exact) mass is 313 g/mol. The standard InChI is InChI=1S/C16H12ClN3O2/c17-11-7-5-10(6-8-11)9-18-16(22)14-12-3-1-2-4-13(12)15(21)20-19-14/h1-8H,9H2,(H,18,22)(H,20,21). The number of halogens is 1. The Labute approximate surface area is 130 Å². The van der Waals surface area contributed by atoms with Gasteiger partial charge in [-0.25, -0.2) is 5.10 Å². The number of rotatable bonds is 3. The maximum absolute atomic E-state index is 12.3. The fourth-order valence-corrected chi connectivity index (χ4v) is 2.28. The van der Waals surface area contributed by atoms with E-state index in [1.807, 2.05) is 12.1 Å². The zero-order chi connectivity index (χ0) is 15.5. The molecule has 0 aliphatic carbocycles. The van der Waals surface area contributed by atoms with E-state index in [9.17, 15) is 9.59 Å². The van der Waals surface area contributed by atoms with Crippen molar-refractivity contribution in [1.82, 2.24) is 15.5 Å². The summed E-state index contributed by atoms with van der Waals surface area (Å²) in [5.74, 6) is -0.345. The first-order valence-electron chi connectivity index (χ1n) is 6.65. The second-order valence-electron chi connectivity index (χ2n) is 4.76. The van der Waals surface area contributed by atoms with Crippen molar-refractivity contribution in [3.8, 4) is 0 Å². The van der Waals surface area contributed by atoms with Crippen molar-refractivity contribution in [3.63, 3.8) is 0 Å². The molecule has 1 amide bonds. The third-order valence-electron chi connectivity index (χ3n) is 3.28. The molecule has 0 unspecified atom stereocenters. The molecule has 110 valence electrons. The summed E-state index contributed by atoms with van der Waals surface area (Å²) in [6.45, 7) is 0.352. The van der Waals surface area contributed by atoms with Crippen LogP contribution in [0.4, 0.5) is 0 Å². The summed E-state index contributed by atoms with van der Waals surface area (Å²) < 4.78 is 0. The lowest BCUT2D eigenvalue weighted by atomic mass is 10.1. The Bertz CT molecular complexity index is 888. The molecule has 0 aliphatic rings. The zero-order valence-corrected chi connectivity index (χ0v) is 12.2. The Balaban J connectivity index is 1.85. The predicted molar refractivity (Wildman–Crippen MR) is 85.0 cm³/mol. The van der Waals surface area contributed by atoms with E-state index in [0.29, 0.717) is 22.3 Å². The lowest BCUT2D eigenvalue weighted by molar-refractivity contribution is 0.0946. The summed E-state index contributed by atoms with van der Waals surface area (Å²) in [4.78, 5) is 24.0. The number of nitrogens with zero attached hydrogens (tertiary/aromatic N) is 1. The van der Waals surface area contributed by atoms with Crippen LogP contribution in [0, 0.1) is 0 Å². The van der Waals surface area contributed by atoms with Gasteiger partial charge < -0.3 is 5.32 Å². The molecule has 1 aromatic heterocycles. The maximum Gasteiger partial charge on any atom is 0.272 e. The first kappa shape index (κ1) is 14.3. The molecule has 3 aromatic rings. The molecule has 0 saturated heterocycles. The van der Waals surface area contributed by atoms with E-state index < -0.39 is 0 Å². The van der Waals surface area contributed by atoms with Gasteiger partial charge in [0, 0.05) is 17.0 Å². The van der Waals surface area contributed by atoms with E-state index in [1.165, 1.54) is 0 Å². The van der Waals surface area contributed by atoms with Crippen LogP contribution < -0.4 is 10.9 Å². The van der Waals surface area contributed by atoms with Crippen LogP contribution >= 0.6 is 11.6 Å². The van der Waals surface area contributed by atoms with Crippen molar-refractivity contribution >= 4 is 28.3 Å². The van der Waals surface area contributed by atoms with Gasteiger partial charge in [-0.15, -0.1) is 0 Å². The van der Waals surface area contributed by atoms with Crippen LogP contribution in [0.5, 0.6) is 0 Å². The highest BCUT2D eigenvalue weighted by Gasteiger charge is 2.13. The highest BCUT2D eigenvalue weighted by atomic mass is 35.5. The van der Waals surface area contributed by atoms with E-state index in [0.717, 1.165) is 5.56 Å². The van der Waals surface area contributed by atoms with Crippen molar-refractivity contribution in [1.29, 1.82) is 0 Å². The summed E-state index contributed by atoms with van der Waals surface area (Å²) in [6.07, 6.45) is 0. The normalized spacial score (nSPS) is 10.6. The van der Waals surface area contributed by atoms with Gasteiger partial charge in [0.2, 0.25) is 0 Å². The number of hydrogen-bond donors (Lipinski definition) is 2. The number of fused-ring (bicyclic) bond motifs is 1. The van der Waals surface area contributed by atoms with Crippen LogP contribution in [0.2, 0.25) is 5.02 Å². The van der Waals surface area contributed by atoms with Crippen LogP contribution in [0.3, 0.4) is 0 Å². The van der Waals surface area contributed by atoms with E-state index in [1.54, 1.807) is 36.4 Å². The average molecular weight is 314 g/mol. The number of benzene rings is 2. The molecule has 2 N–H and O–H groups in total. The van der Waals surface area contributed by atoms with Gasteiger partial charge in [0.05, 0.1) is 5.39 Å². The van der Waals surface area contributed by atoms with Crippen LogP contribution in [-0.2, 0) is 6.54 Å². The molecule has 3 rings (SSSR count). The van der Waals surface area contributed by atoms with E-state index in [2.05, 4.69) is 15.5 Å². The lowest BCUT2D eigenvalue weighted by Crippen LogP contribution is -2.26. The second kappa shape index (κ2) is 5.99. The van der Waals surface area contributed by atoms with Gasteiger partial charge in [0.1, 0.15) is 0 Å². The van der Waals surface area contributed by atoms with Crippen molar-refractivity contribution in [2.75, 3.05) is 0 Å². The molecular weight excluding hydrogens is 302 g/mol. The number of amides is 1. The maximum atomic E-state index is 12.3. The van der Waals surface area contributed by atoms with Crippen molar-refractivity contribution < 1.29 is 4.79 Å². The topological polar surface area (TPSA) is 74.8 Å². The van der Waals surface area contributed by atoms with E-state index in [-0.39, 0.29) is 17.2 Å². The van der Waals surface area contributed by atoms with Gasteiger partial charge in [-0.1, -0.05) is 41.9 Å². The van der Waals surface area contributed by atoms with Gasteiger partial charge in [-0.3, -0.25) is 9.59 Å². The predicted octanol–water partition coefficient (Wildman–Crippen LogP) is 2.51. The van der Waals surface area contributed by atoms with Crippen molar-refractivity contribution in [2.45, 2.75) is 6.54 Å². The van der Waals surface area contributed by atoms with Crippen LogP contribution in [0.25, 0.3) is 10.8 Å². The number of H-pyrrole nitrogens is 1. The zero-order valence-electron chi connectivity index (χ0n) is 11.5. The largest absolute Gasteiger partial charge is 0.347 e. The Morgan fingerprint density at radius 2 is 1.77 bits per heavy atom. The number of nitrogens with one attached hydrogen (secondary N) is 2. The molecular formula is C16H12ClN3O2. The Morgan fingerprint density at radius 3 is 2.50 bits per heavy atom. The molecule has 0 aliphatic heterocycles. The van der Waals surface area contributed by atoms with Gasteiger partial charge >= 0.3 is 0 Å². The fourth-order valence-electron chi connectivity index (χ4n) is 2.16. The summed E-state index contributed by atoms with van der Waals surface area (Å²) in [6, 6.07) is 14.1. The third-order valence-corrected chi connectivity index (χ3v) is 3.53. The van der Waals surface area contributed by atoms with E-state index in [4.69, 9.17) is 11.6 Å². The van der Waals surface area contributed by atoms with Crippen molar-refractivity contribution in [2.24, 2.45) is 0 Å². The molecule has 0 bridgehead atoms. The number of aromatic nitrogens is 2. The lowest BCUT2D eigenvalue weighted by Gasteiger charge is -2.07. The van der Waals surface area contributed by atoms with Gasteiger partial charge in [-0.05, 0) is 23.8 Å². The third kappa shape index (κ3) is 2.84. The summed E-state index contributed by atoms with van der Waals surface area (Å²) >= 11 is 5.82. The number of carbonyl (C=O) groups excluding carboxylic acids is 1. The Kier molecular flexibility index (Phi) is 3.89. The highest BCUT2D eigenvalue weighted by molar-refractivity contribution is 6.30. The molecule has 0 radical (unpaired) electrons. The molecule has 5 nitrogen and oxygen atoms in total. The summed E-state index contributed by atoms with van der Waals surface area (Å²) in [5.41, 5.74) is 0.806. The van der Waals surface area contributed by atoms with Crippen molar-refractivity contribution in [3.05, 3.63) is 75.2 Å². The van der Waals surface area contributed by atoms with Crippen LogP contribution in [0.1, 0.15) is 16.1 Å². The first-order chi connectivity index (χ1) is 10.6. The van der Waals surface area contributed by atoms with E-state index >= 15 is 0 Å². The molecule has 22 heavy (non-hydrogen) atoms. The molecule has 0 saturated carbocycles. The van der Waals surface area contributed by atoms with Gasteiger partial charge in [0.15, 0.2) is 5.69 Å². The minimum atomic E-state index is -0.345. The van der Waals surface area contributed by atoms with Gasteiger partial charge in [0.25, 0.3) is 11.5 Å². The Hall–Kier alpha value is -2.66. The SMILES string of the molecule is O=C(NCc1ccc(Cl)cc1)c1n[nH]c(=O)c2ccccc12. The second-order valence-corrected chi connectivity index (χ2v) is 5.19. The number of hydrogen-bond acceptors (Lipinski definition) is 3. The Morgan fingerprint density at radius 1 is 1.09 bits per heavy atom. The number of aromatic amines is 1. The highest BCUT2D eigenvalue weighted by Crippen LogP contribution is 2.13. The number of carbonyl (C=O) groups is 1. The molecule has 0 spiro atoms. The molecule has 2 aromatic carbocycles. The minimum Gasteiger partial charge on any atom is -0.347 e.